The molecule has 1 nitrogen and oxygen atoms in total. The van der Waals surface area contributed by atoms with Crippen LogP contribution in [0.5, 0.6) is 0 Å². The third-order valence-corrected chi connectivity index (χ3v) is 12.9. The summed E-state index contributed by atoms with van der Waals surface area (Å²) in [5, 5.41) is 4.20. The molecule has 0 amide bonds. The standard InChI is InChI=1S/C40H39NS/c1-24-18-20-25(21-19-24)26-12-8-13-29-30-14-9-17-36(39(30)42-38(26)29)41-35-16-7-5-11-28(35)32-22-31-27-10-4-6-15-33(27)40(2,3)34(31)23-37(32)41/h4-11,13,15-18,20,22-26,30-31,34H,12,14,19,21H2,1-3H3. The lowest BCUT2D eigenvalue weighted by molar-refractivity contribution is 0.385. The largest absolute Gasteiger partial charge is 0.309 e. The molecule has 0 fully saturated rings. The molecule has 6 aliphatic rings. The SMILES string of the molecule is CC1C=CC(C2CC=CC3=C2SC2=C(n4c5c(c6ccccc64)=CC4c6ccccc6C(C)(C)C4C=5)C=CCC32)CC1. The van der Waals surface area contributed by atoms with Crippen LogP contribution in [0.3, 0.4) is 0 Å². The van der Waals surface area contributed by atoms with E-state index in [0.717, 1.165) is 12.3 Å². The van der Waals surface area contributed by atoms with E-state index < -0.39 is 0 Å². The number of fused-ring (bicyclic) bond motifs is 8. The van der Waals surface area contributed by atoms with Gasteiger partial charge in [0.1, 0.15) is 0 Å². The normalized spacial score (nSPS) is 31.8. The number of thioether (sulfide) groups is 1. The predicted molar refractivity (Wildman–Crippen MR) is 179 cm³/mol. The molecule has 6 unspecified atom stereocenters. The first-order valence-electron chi connectivity index (χ1n) is 16.1. The number of benzene rings is 2. The molecule has 3 aromatic rings. The number of hydrogen-bond donors (Lipinski definition) is 0. The summed E-state index contributed by atoms with van der Waals surface area (Å²) < 4.78 is 2.64. The molecule has 0 radical (unpaired) electrons. The van der Waals surface area contributed by atoms with Gasteiger partial charge in [-0.25, -0.2) is 0 Å². The Morgan fingerprint density at radius 1 is 0.857 bits per heavy atom. The van der Waals surface area contributed by atoms with E-state index in [4.69, 9.17) is 0 Å². The molecule has 1 aromatic heterocycles. The van der Waals surface area contributed by atoms with Crippen molar-refractivity contribution in [2.24, 2.45) is 29.6 Å². The zero-order valence-electron chi connectivity index (χ0n) is 24.9. The Hall–Kier alpha value is -3.23. The fourth-order valence-corrected chi connectivity index (χ4v) is 10.8. The van der Waals surface area contributed by atoms with E-state index in [1.807, 2.05) is 0 Å². The van der Waals surface area contributed by atoms with E-state index in [9.17, 15) is 0 Å². The van der Waals surface area contributed by atoms with Gasteiger partial charge in [-0.15, -0.1) is 0 Å². The molecule has 2 heteroatoms. The molecule has 0 saturated heterocycles. The second-order valence-electron chi connectivity index (χ2n) is 14.1. The van der Waals surface area contributed by atoms with Crippen molar-refractivity contribution in [1.29, 1.82) is 0 Å². The molecule has 0 bridgehead atoms. The molecule has 6 atom stereocenters. The summed E-state index contributed by atoms with van der Waals surface area (Å²) in [6.45, 7) is 7.27. The summed E-state index contributed by atoms with van der Waals surface area (Å²) in [5.41, 5.74) is 7.48. The van der Waals surface area contributed by atoms with Gasteiger partial charge < -0.3 is 4.57 Å². The summed E-state index contributed by atoms with van der Waals surface area (Å²) in [6.07, 6.45) is 25.1. The van der Waals surface area contributed by atoms with Crippen molar-refractivity contribution in [1.82, 2.24) is 4.57 Å². The number of allylic oxidation sites excluding steroid dienone is 10. The smallest absolute Gasteiger partial charge is 0.0563 e. The fraction of sp³-hybridized carbons (Fsp3) is 0.350. The minimum Gasteiger partial charge on any atom is -0.309 e. The van der Waals surface area contributed by atoms with Crippen molar-refractivity contribution in [3.63, 3.8) is 0 Å². The topological polar surface area (TPSA) is 4.93 Å². The Morgan fingerprint density at radius 2 is 1.69 bits per heavy atom. The molecular weight excluding hydrogens is 527 g/mol. The maximum Gasteiger partial charge on any atom is 0.0563 e. The molecule has 1 aliphatic heterocycles. The van der Waals surface area contributed by atoms with E-state index >= 15 is 0 Å². The van der Waals surface area contributed by atoms with Crippen LogP contribution in [0, 0.1) is 29.6 Å². The van der Waals surface area contributed by atoms with Crippen LogP contribution in [0.1, 0.15) is 63.5 Å². The van der Waals surface area contributed by atoms with Gasteiger partial charge in [0.15, 0.2) is 0 Å². The van der Waals surface area contributed by atoms with E-state index in [0.29, 0.717) is 29.6 Å². The monoisotopic (exact) mass is 565 g/mol. The Labute approximate surface area is 253 Å². The quantitative estimate of drug-likeness (QED) is 0.281. The minimum absolute atomic E-state index is 0.102. The molecule has 210 valence electrons. The third-order valence-electron chi connectivity index (χ3n) is 11.4. The van der Waals surface area contributed by atoms with Crippen molar-refractivity contribution in [2.45, 2.75) is 57.8 Å². The molecule has 5 aliphatic carbocycles. The number of rotatable bonds is 2. The van der Waals surface area contributed by atoms with Gasteiger partial charge >= 0.3 is 0 Å². The summed E-state index contributed by atoms with van der Waals surface area (Å²) >= 11 is 2.13. The average Bonchev–Trinajstić information content (AvgIpc) is 3.63. The van der Waals surface area contributed by atoms with Gasteiger partial charge in [0.05, 0.1) is 16.6 Å². The summed E-state index contributed by atoms with van der Waals surface area (Å²) in [4.78, 5) is 3.23. The molecule has 42 heavy (non-hydrogen) atoms. The number of nitrogens with zero attached hydrogens (tertiary/aromatic N) is 1. The van der Waals surface area contributed by atoms with Gasteiger partial charge in [0.2, 0.25) is 0 Å². The van der Waals surface area contributed by atoms with E-state index in [-0.39, 0.29) is 5.41 Å². The first-order valence-corrected chi connectivity index (χ1v) is 16.9. The fourth-order valence-electron chi connectivity index (χ4n) is 9.17. The van der Waals surface area contributed by atoms with Crippen molar-refractivity contribution >= 4 is 40.5 Å². The summed E-state index contributed by atoms with van der Waals surface area (Å²) in [5.74, 6) is 3.40. The number of hydrogen-bond acceptors (Lipinski definition) is 1. The third kappa shape index (κ3) is 3.45. The number of aromatic nitrogens is 1. The number of para-hydroxylation sites is 1. The molecule has 0 spiro atoms. The Balaban J connectivity index is 1.23. The highest BCUT2D eigenvalue weighted by Gasteiger charge is 2.45. The van der Waals surface area contributed by atoms with Crippen LogP contribution < -0.4 is 10.6 Å². The first-order chi connectivity index (χ1) is 20.5. The van der Waals surface area contributed by atoms with Crippen molar-refractivity contribution in [3.8, 4) is 0 Å². The van der Waals surface area contributed by atoms with Crippen molar-refractivity contribution < 1.29 is 0 Å². The Morgan fingerprint density at radius 3 is 2.57 bits per heavy atom. The Kier molecular flexibility index (Phi) is 5.50. The summed E-state index contributed by atoms with van der Waals surface area (Å²) in [6, 6.07) is 18.3. The highest BCUT2D eigenvalue weighted by molar-refractivity contribution is 8.07. The maximum atomic E-state index is 2.65. The van der Waals surface area contributed by atoms with E-state index in [1.54, 1.807) is 15.4 Å². The lowest BCUT2D eigenvalue weighted by Crippen LogP contribution is -2.38. The minimum atomic E-state index is 0.102. The van der Waals surface area contributed by atoms with Crippen LogP contribution in [-0.4, -0.2) is 4.57 Å². The first kappa shape index (κ1) is 25.3. The lowest BCUT2D eigenvalue weighted by atomic mass is 9.74. The molecule has 9 rings (SSSR count). The summed E-state index contributed by atoms with van der Waals surface area (Å²) in [7, 11) is 0. The molecular formula is C40H39NS. The molecule has 0 saturated carbocycles. The van der Waals surface area contributed by atoms with Crippen LogP contribution in [-0.2, 0) is 5.41 Å². The lowest BCUT2D eigenvalue weighted by Gasteiger charge is -2.31. The van der Waals surface area contributed by atoms with Gasteiger partial charge in [-0.1, -0.05) is 118 Å². The van der Waals surface area contributed by atoms with Crippen molar-refractivity contribution in [3.05, 3.63) is 122 Å². The second kappa shape index (κ2) is 9.13. The highest BCUT2D eigenvalue weighted by atomic mass is 32.2. The van der Waals surface area contributed by atoms with Crippen LogP contribution in [0.2, 0.25) is 0 Å². The van der Waals surface area contributed by atoms with Gasteiger partial charge in [0, 0.05) is 33.3 Å². The van der Waals surface area contributed by atoms with Gasteiger partial charge in [0.25, 0.3) is 0 Å². The second-order valence-corrected chi connectivity index (χ2v) is 15.1. The molecule has 2 heterocycles. The van der Waals surface area contributed by atoms with Crippen molar-refractivity contribution in [2.75, 3.05) is 0 Å². The van der Waals surface area contributed by atoms with Gasteiger partial charge in [-0.2, -0.15) is 0 Å². The maximum absolute atomic E-state index is 2.65. The van der Waals surface area contributed by atoms with Crippen LogP contribution in [0.4, 0.5) is 0 Å². The molecule has 2 aromatic carbocycles. The van der Waals surface area contributed by atoms with Gasteiger partial charge in [-0.05, 0) is 82.6 Å². The van der Waals surface area contributed by atoms with Crippen LogP contribution in [0.25, 0.3) is 28.8 Å². The van der Waals surface area contributed by atoms with E-state index in [1.165, 1.54) is 57.6 Å². The predicted octanol–water partition coefficient (Wildman–Crippen LogP) is 8.83. The van der Waals surface area contributed by atoms with Crippen LogP contribution in [0.15, 0.2) is 100 Å². The molecule has 0 N–H and O–H groups in total. The zero-order valence-corrected chi connectivity index (χ0v) is 25.7. The van der Waals surface area contributed by atoms with Gasteiger partial charge in [-0.3, -0.25) is 0 Å². The van der Waals surface area contributed by atoms with E-state index in [2.05, 4.69) is 134 Å². The van der Waals surface area contributed by atoms with Crippen LogP contribution >= 0.6 is 11.8 Å². The zero-order chi connectivity index (χ0) is 28.2. The Bertz CT molecular complexity index is 1940. The average molecular weight is 566 g/mol. The highest BCUT2D eigenvalue weighted by Crippen LogP contribution is 2.58.